The molecule has 0 unspecified atom stereocenters. The summed E-state index contributed by atoms with van der Waals surface area (Å²) in [6, 6.07) is 8.25. The van der Waals surface area contributed by atoms with E-state index < -0.39 is 6.04 Å². The van der Waals surface area contributed by atoms with Gasteiger partial charge in [-0.25, -0.2) is 0 Å². The van der Waals surface area contributed by atoms with Crippen molar-refractivity contribution in [2.24, 2.45) is 11.7 Å². The maximum Gasteiger partial charge on any atom is 0.237 e. The number of carbonyl (C=O) groups excluding carboxylic acids is 1. The molecule has 0 aliphatic heterocycles. The molecule has 4 nitrogen and oxygen atoms in total. The second-order valence-corrected chi connectivity index (χ2v) is 6.27. The summed E-state index contributed by atoms with van der Waals surface area (Å²) in [5, 5.41) is 2.94. The number of amides is 1. The highest BCUT2D eigenvalue weighted by Gasteiger charge is 2.17. The van der Waals surface area contributed by atoms with Crippen molar-refractivity contribution in [3.8, 4) is 0 Å². The molecule has 0 spiro atoms. The highest BCUT2D eigenvalue weighted by atomic mass is 35.5. The van der Waals surface area contributed by atoms with E-state index in [1.54, 1.807) is 0 Å². The monoisotopic (exact) mass is 327 g/mol. The maximum atomic E-state index is 12.0. The summed E-state index contributed by atoms with van der Waals surface area (Å²) in [6.45, 7) is 9.66. The van der Waals surface area contributed by atoms with Crippen LogP contribution in [0, 0.1) is 5.92 Å². The van der Waals surface area contributed by atoms with Crippen LogP contribution in [0.15, 0.2) is 24.3 Å². The van der Waals surface area contributed by atoms with Gasteiger partial charge in [0.15, 0.2) is 0 Å². The van der Waals surface area contributed by atoms with Crippen LogP contribution >= 0.6 is 12.4 Å². The summed E-state index contributed by atoms with van der Waals surface area (Å²) < 4.78 is 0. The molecule has 126 valence electrons. The van der Waals surface area contributed by atoms with E-state index in [0.717, 1.165) is 12.1 Å². The molecular weight excluding hydrogens is 298 g/mol. The van der Waals surface area contributed by atoms with Crippen molar-refractivity contribution in [3.05, 3.63) is 35.4 Å². The van der Waals surface area contributed by atoms with Crippen LogP contribution in [0.3, 0.4) is 0 Å². The zero-order valence-electron chi connectivity index (χ0n) is 14.3. The summed E-state index contributed by atoms with van der Waals surface area (Å²) in [5.41, 5.74) is 8.25. The molecule has 0 bridgehead atoms. The first kappa shape index (κ1) is 20.9. The van der Waals surface area contributed by atoms with Gasteiger partial charge < -0.3 is 11.1 Å². The Balaban J connectivity index is 0.00000441. The molecule has 0 saturated carbocycles. The number of nitrogens with one attached hydrogen (secondary N) is 1. The quantitative estimate of drug-likeness (QED) is 0.809. The average Bonchev–Trinajstić information content (AvgIpc) is 2.44. The third kappa shape index (κ3) is 6.34. The third-order valence-corrected chi connectivity index (χ3v) is 3.89. The predicted octanol–water partition coefficient (Wildman–Crippen LogP) is 2.55. The lowest BCUT2D eigenvalue weighted by Crippen LogP contribution is -2.43. The van der Waals surface area contributed by atoms with Crippen molar-refractivity contribution in [2.75, 3.05) is 7.05 Å². The number of halogens is 1. The molecule has 5 heteroatoms. The maximum absolute atomic E-state index is 12.0. The lowest BCUT2D eigenvalue weighted by Gasteiger charge is -2.23. The van der Waals surface area contributed by atoms with Crippen molar-refractivity contribution < 1.29 is 4.79 Å². The van der Waals surface area contributed by atoms with Crippen molar-refractivity contribution in [1.82, 2.24) is 10.2 Å². The average molecular weight is 328 g/mol. The number of benzene rings is 1. The summed E-state index contributed by atoms with van der Waals surface area (Å²) in [4.78, 5) is 14.2. The zero-order chi connectivity index (χ0) is 16.0. The summed E-state index contributed by atoms with van der Waals surface area (Å²) >= 11 is 0. The molecule has 0 heterocycles. The van der Waals surface area contributed by atoms with E-state index in [2.05, 4.69) is 43.2 Å². The number of nitrogens with two attached hydrogens (primary N) is 1. The van der Waals surface area contributed by atoms with E-state index in [1.807, 2.05) is 26.0 Å². The van der Waals surface area contributed by atoms with Gasteiger partial charge in [0.2, 0.25) is 5.91 Å². The van der Waals surface area contributed by atoms with Crippen LogP contribution in [-0.2, 0) is 17.9 Å². The standard InChI is InChI=1S/C17H29N3O.ClH/c1-12(2)16(18)17(21)19-10-14-8-6-7-9-15(14)11-20(5)13(3)4;/h6-9,12-13,16H,10-11,18H2,1-5H3,(H,19,21);1H/t16-;/m0./s1. The smallest absolute Gasteiger partial charge is 0.237 e. The molecule has 0 aromatic heterocycles. The van der Waals surface area contributed by atoms with Gasteiger partial charge in [0.1, 0.15) is 0 Å². The van der Waals surface area contributed by atoms with Gasteiger partial charge in [-0.2, -0.15) is 0 Å². The van der Waals surface area contributed by atoms with Gasteiger partial charge in [-0.1, -0.05) is 38.1 Å². The van der Waals surface area contributed by atoms with Crippen LogP contribution in [0.4, 0.5) is 0 Å². The van der Waals surface area contributed by atoms with E-state index in [9.17, 15) is 4.79 Å². The minimum Gasteiger partial charge on any atom is -0.351 e. The van der Waals surface area contributed by atoms with E-state index in [1.165, 1.54) is 5.56 Å². The van der Waals surface area contributed by atoms with Gasteiger partial charge in [0, 0.05) is 19.1 Å². The van der Waals surface area contributed by atoms with E-state index >= 15 is 0 Å². The molecule has 1 atom stereocenters. The minimum absolute atomic E-state index is 0. The molecule has 22 heavy (non-hydrogen) atoms. The molecule has 0 fully saturated rings. The van der Waals surface area contributed by atoms with Crippen LogP contribution in [0.5, 0.6) is 0 Å². The zero-order valence-corrected chi connectivity index (χ0v) is 15.1. The van der Waals surface area contributed by atoms with Crippen molar-refractivity contribution in [2.45, 2.75) is 52.9 Å². The third-order valence-electron chi connectivity index (χ3n) is 3.89. The molecule has 1 rings (SSSR count). The fourth-order valence-electron chi connectivity index (χ4n) is 1.94. The fraction of sp³-hybridized carbons (Fsp3) is 0.588. The van der Waals surface area contributed by atoms with Gasteiger partial charge in [0.25, 0.3) is 0 Å². The Labute approximate surface area is 140 Å². The topological polar surface area (TPSA) is 58.4 Å². The first-order chi connectivity index (χ1) is 9.82. The number of hydrogen-bond donors (Lipinski definition) is 2. The lowest BCUT2D eigenvalue weighted by atomic mass is 10.0. The first-order valence-corrected chi connectivity index (χ1v) is 7.63. The second-order valence-electron chi connectivity index (χ2n) is 6.27. The SMILES string of the molecule is CC(C)[C@H](N)C(=O)NCc1ccccc1CN(C)C(C)C.Cl. The summed E-state index contributed by atoms with van der Waals surface area (Å²) in [5.74, 6) is 0.0596. The molecular formula is C17H30ClN3O. The van der Waals surface area contributed by atoms with Crippen LogP contribution < -0.4 is 11.1 Å². The Bertz CT molecular complexity index is 463. The Morgan fingerprint density at radius 2 is 1.73 bits per heavy atom. The number of hydrogen-bond acceptors (Lipinski definition) is 3. The second kappa shape index (κ2) is 9.82. The van der Waals surface area contributed by atoms with E-state index in [-0.39, 0.29) is 24.2 Å². The van der Waals surface area contributed by atoms with Crippen LogP contribution in [0.1, 0.15) is 38.8 Å². The number of nitrogens with zero attached hydrogens (tertiary/aromatic N) is 1. The Morgan fingerprint density at radius 1 is 1.18 bits per heavy atom. The summed E-state index contributed by atoms with van der Waals surface area (Å²) in [6.07, 6.45) is 0. The van der Waals surface area contributed by atoms with Crippen LogP contribution in [0.25, 0.3) is 0 Å². The molecule has 0 saturated heterocycles. The Kier molecular flexibility index (Phi) is 9.33. The van der Waals surface area contributed by atoms with Gasteiger partial charge >= 0.3 is 0 Å². The van der Waals surface area contributed by atoms with Crippen LogP contribution in [0.2, 0.25) is 0 Å². The molecule has 0 radical (unpaired) electrons. The van der Waals surface area contributed by atoms with Crippen LogP contribution in [-0.4, -0.2) is 29.9 Å². The number of rotatable bonds is 7. The van der Waals surface area contributed by atoms with Gasteiger partial charge in [-0.3, -0.25) is 9.69 Å². The fourth-order valence-corrected chi connectivity index (χ4v) is 1.94. The minimum atomic E-state index is -0.449. The van der Waals surface area contributed by atoms with Gasteiger partial charge in [-0.15, -0.1) is 12.4 Å². The molecule has 1 amide bonds. The predicted molar refractivity (Wildman–Crippen MR) is 95.0 cm³/mol. The molecule has 3 N–H and O–H groups in total. The van der Waals surface area contributed by atoms with Crippen molar-refractivity contribution >= 4 is 18.3 Å². The molecule has 0 aliphatic carbocycles. The first-order valence-electron chi connectivity index (χ1n) is 7.63. The largest absolute Gasteiger partial charge is 0.351 e. The Morgan fingerprint density at radius 3 is 2.23 bits per heavy atom. The summed E-state index contributed by atoms with van der Waals surface area (Å²) in [7, 11) is 2.11. The Hall–Kier alpha value is -1.10. The molecule has 1 aromatic rings. The van der Waals surface area contributed by atoms with E-state index in [4.69, 9.17) is 5.73 Å². The molecule has 1 aromatic carbocycles. The van der Waals surface area contributed by atoms with E-state index in [0.29, 0.717) is 12.6 Å². The number of carbonyl (C=O) groups is 1. The highest BCUT2D eigenvalue weighted by molar-refractivity contribution is 5.85. The van der Waals surface area contributed by atoms with Gasteiger partial charge in [0.05, 0.1) is 6.04 Å². The lowest BCUT2D eigenvalue weighted by molar-refractivity contribution is -0.123. The van der Waals surface area contributed by atoms with Gasteiger partial charge in [-0.05, 0) is 37.9 Å². The van der Waals surface area contributed by atoms with Crippen molar-refractivity contribution in [3.63, 3.8) is 0 Å². The van der Waals surface area contributed by atoms with Crippen molar-refractivity contribution in [1.29, 1.82) is 0 Å². The normalized spacial score (nSPS) is 12.4. The highest BCUT2D eigenvalue weighted by Crippen LogP contribution is 2.12. The molecule has 0 aliphatic rings.